The van der Waals surface area contributed by atoms with Gasteiger partial charge in [0.2, 0.25) is 0 Å². The minimum absolute atomic E-state index is 0.223. The van der Waals surface area contributed by atoms with Gasteiger partial charge in [-0.25, -0.2) is 14.4 Å². The van der Waals surface area contributed by atoms with E-state index in [2.05, 4.69) is 28.6 Å². The number of aliphatic imine (C=N–C) groups is 1. The standard InChI is InChI=1S/C18H13FN2S3/c19-14-7-5-12(6-8-14)17-20-15(10-22-17)11-24-18-21-16-4-2-1-3-13(16)9-23-18/h1-8,10H,9,11H2. The Bertz CT molecular complexity index is 887. The zero-order valence-corrected chi connectivity index (χ0v) is 15.1. The Labute approximate surface area is 152 Å². The number of hydrogen-bond donors (Lipinski definition) is 0. The second-order valence-corrected chi connectivity index (χ2v) is 8.28. The van der Waals surface area contributed by atoms with E-state index in [0.717, 1.165) is 37.8 Å². The van der Waals surface area contributed by atoms with E-state index in [4.69, 9.17) is 4.99 Å². The molecule has 0 spiro atoms. The molecule has 0 radical (unpaired) electrons. The van der Waals surface area contributed by atoms with E-state index in [0.29, 0.717) is 0 Å². The van der Waals surface area contributed by atoms with Crippen LogP contribution in [0.1, 0.15) is 11.3 Å². The van der Waals surface area contributed by atoms with Crippen LogP contribution < -0.4 is 0 Å². The van der Waals surface area contributed by atoms with E-state index < -0.39 is 0 Å². The Morgan fingerprint density at radius 2 is 1.92 bits per heavy atom. The summed E-state index contributed by atoms with van der Waals surface area (Å²) in [7, 11) is 0. The predicted octanol–water partition coefficient (Wildman–Crippen LogP) is 6.12. The highest BCUT2D eigenvalue weighted by Crippen LogP contribution is 2.36. The van der Waals surface area contributed by atoms with Crippen molar-refractivity contribution in [3.8, 4) is 10.6 Å². The third-order valence-corrected chi connectivity index (χ3v) is 6.76. The molecule has 6 heteroatoms. The quantitative estimate of drug-likeness (QED) is 0.554. The predicted molar refractivity (Wildman–Crippen MR) is 104 cm³/mol. The Hall–Kier alpha value is -1.63. The first-order chi connectivity index (χ1) is 11.8. The van der Waals surface area contributed by atoms with Gasteiger partial charge in [-0.2, -0.15) is 0 Å². The molecule has 0 saturated carbocycles. The molecule has 24 heavy (non-hydrogen) atoms. The Kier molecular flexibility index (Phi) is 4.69. The molecule has 0 bridgehead atoms. The number of para-hydroxylation sites is 1. The lowest BCUT2D eigenvalue weighted by atomic mass is 10.2. The number of fused-ring (bicyclic) bond motifs is 1. The van der Waals surface area contributed by atoms with Crippen molar-refractivity contribution in [3.05, 3.63) is 71.0 Å². The molecule has 0 N–H and O–H groups in total. The number of benzene rings is 2. The molecular weight excluding hydrogens is 359 g/mol. The third-order valence-electron chi connectivity index (χ3n) is 3.54. The zero-order valence-electron chi connectivity index (χ0n) is 12.6. The van der Waals surface area contributed by atoms with Crippen LogP contribution in [0.25, 0.3) is 10.6 Å². The van der Waals surface area contributed by atoms with Crippen molar-refractivity contribution in [2.75, 3.05) is 0 Å². The van der Waals surface area contributed by atoms with Crippen molar-refractivity contribution < 1.29 is 4.39 Å². The van der Waals surface area contributed by atoms with Gasteiger partial charge < -0.3 is 0 Å². The first-order valence-electron chi connectivity index (χ1n) is 7.40. The molecule has 1 aliphatic rings. The van der Waals surface area contributed by atoms with Crippen molar-refractivity contribution in [1.29, 1.82) is 0 Å². The van der Waals surface area contributed by atoms with Crippen LogP contribution in [-0.2, 0) is 11.5 Å². The zero-order chi connectivity index (χ0) is 16.4. The summed E-state index contributed by atoms with van der Waals surface area (Å²) in [5.74, 6) is 1.55. The smallest absolute Gasteiger partial charge is 0.131 e. The fourth-order valence-electron chi connectivity index (χ4n) is 2.32. The summed E-state index contributed by atoms with van der Waals surface area (Å²) in [6, 6.07) is 14.7. The summed E-state index contributed by atoms with van der Waals surface area (Å²) in [4.78, 5) is 9.36. The number of halogens is 1. The van der Waals surface area contributed by atoms with Gasteiger partial charge in [-0.3, -0.25) is 0 Å². The maximum absolute atomic E-state index is 13.0. The first-order valence-corrected chi connectivity index (χ1v) is 10.3. The molecule has 4 rings (SSSR count). The van der Waals surface area contributed by atoms with Crippen LogP contribution in [0.5, 0.6) is 0 Å². The lowest BCUT2D eigenvalue weighted by molar-refractivity contribution is 0.628. The fourth-order valence-corrected chi connectivity index (χ4v) is 5.21. The second-order valence-electron chi connectivity index (χ2n) is 5.23. The van der Waals surface area contributed by atoms with E-state index in [1.54, 1.807) is 47.0 Å². The Balaban J connectivity index is 1.44. The van der Waals surface area contributed by atoms with Gasteiger partial charge in [-0.15, -0.1) is 11.3 Å². The van der Waals surface area contributed by atoms with Crippen molar-refractivity contribution in [1.82, 2.24) is 4.98 Å². The van der Waals surface area contributed by atoms with E-state index >= 15 is 0 Å². The number of thiazole rings is 1. The highest BCUT2D eigenvalue weighted by molar-refractivity contribution is 8.38. The summed E-state index contributed by atoms with van der Waals surface area (Å²) in [6.07, 6.45) is 0. The molecule has 0 saturated heterocycles. The average Bonchev–Trinajstić information content (AvgIpc) is 3.09. The summed E-state index contributed by atoms with van der Waals surface area (Å²) >= 11 is 5.09. The van der Waals surface area contributed by atoms with E-state index in [9.17, 15) is 4.39 Å². The van der Waals surface area contributed by atoms with Gasteiger partial charge >= 0.3 is 0 Å². The molecule has 120 valence electrons. The Morgan fingerprint density at radius 3 is 2.79 bits per heavy atom. The Morgan fingerprint density at radius 1 is 1.08 bits per heavy atom. The average molecular weight is 373 g/mol. The summed E-state index contributed by atoms with van der Waals surface area (Å²) in [5.41, 5.74) is 4.35. The maximum atomic E-state index is 13.0. The lowest BCUT2D eigenvalue weighted by Crippen LogP contribution is -1.96. The maximum Gasteiger partial charge on any atom is 0.131 e. The van der Waals surface area contributed by atoms with Gasteiger partial charge in [0, 0.05) is 22.4 Å². The molecule has 1 aliphatic heterocycles. The minimum atomic E-state index is -0.223. The molecular formula is C18H13FN2S3. The summed E-state index contributed by atoms with van der Waals surface area (Å²) in [6.45, 7) is 0. The van der Waals surface area contributed by atoms with Crippen molar-refractivity contribution >= 4 is 44.9 Å². The lowest BCUT2D eigenvalue weighted by Gasteiger charge is -2.13. The number of aromatic nitrogens is 1. The topological polar surface area (TPSA) is 25.2 Å². The molecule has 0 unspecified atom stereocenters. The van der Waals surface area contributed by atoms with E-state index in [1.807, 2.05) is 6.07 Å². The number of hydrogen-bond acceptors (Lipinski definition) is 5. The van der Waals surface area contributed by atoms with Crippen LogP contribution in [0.2, 0.25) is 0 Å². The summed E-state index contributed by atoms with van der Waals surface area (Å²) in [5, 5.41) is 2.99. The molecule has 0 amide bonds. The fraction of sp³-hybridized carbons (Fsp3) is 0.111. The molecule has 0 fully saturated rings. The third kappa shape index (κ3) is 3.55. The highest BCUT2D eigenvalue weighted by Gasteiger charge is 2.13. The molecule has 2 aromatic carbocycles. The van der Waals surface area contributed by atoms with Crippen LogP contribution in [-0.4, -0.2) is 9.36 Å². The minimum Gasteiger partial charge on any atom is -0.240 e. The van der Waals surface area contributed by atoms with Gasteiger partial charge in [0.25, 0.3) is 0 Å². The molecule has 0 aliphatic carbocycles. The second kappa shape index (κ2) is 7.09. The molecule has 1 aromatic heterocycles. The highest BCUT2D eigenvalue weighted by atomic mass is 32.2. The van der Waals surface area contributed by atoms with Gasteiger partial charge in [0.15, 0.2) is 0 Å². The molecule has 2 nitrogen and oxygen atoms in total. The molecule has 3 aromatic rings. The van der Waals surface area contributed by atoms with Crippen molar-refractivity contribution in [3.63, 3.8) is 0 Å². The van der Waals surface area contributed by atoms with Gasteiger partial charge in [-0.05, 0) is 35.9 Å². The molecule has 0 atom stereocenters. The SMILES string of the molecule is Fc1ccc(-c2nc(CSC3=Nc4ccccc4CS3)cs2)cc1. The normalized spacial score (nSPS) is 13.5. The number of thioether (sulfide) groups is 2. The van der Waals surface area contributed by atoms with Gasteiger partial charge in [0.05, 0.1) is 11.4 Å². The van der Waals surface area contributed by atoms with Crippen LogP contribution in [0, 0.1) is 5.82 Å². The largest absolute Gasteiger partial charge is 0.240 e. The summed E-state index contributed by atoms with van der Waals surface area (Å²) < 4.78 is 14.1. The van der Waals surface area contributed by atoms with Gasteiger partial charge in [-0.1, -0.05) is 41.7 Å². The van der Waals surface area contributed by atoms with E-state index in [1.165, 1.54) is 17.7 Å². The molecule has 2 heterocycles. The van der Waals surface area contributed by atoms with Crippen molar-refractivity contribution in [2.24, 2.45) is 4.99 Å². The monoisotopic (exact) mass is 372 g/mol. The number of rotatable bonds is 3. The van der Waals surface area contributed by atoms with Gasteiger partial charge in [0.1, 0.15) is 15.2 Å². The van der Waals surface area contributed by atoms with Crippen LogP contribution >= 0.6 is 34.9 Å². The van der Waals surface area contributed by atoms with Crippen LogP contribution in [0.4, 0.5) is 10.1 Å². The van der Waals surface area contributed by atoms with Crippen LogP contribution in [0.15, 0.2) is 58.9 Å². The number of nitrogens with zero attached hydrogens (tertiary/aromatic N) is 2. The first kappa shape index (κ1) is 15.9. The van der Waals surface area contributed by atoms with E-state index in [-0.39, 0.29) is 5.82 Å². The van der Waals surface area contributed by atoms with Crippen molar-refractivity contribution in [2.45, 2.75) is 11.5 Å². The van der Waals surface area contributed by atoms with Crippen LogP contribution in [0.3, 0.4) is 0 Å².